The predicted molar refractivity (Wildman–Crippen MR) is 133 cm³/mol. The minimum atomic E-state index is 0.139. The van der Waals surface area contributed by atoms with E-state index in [0.717, 1.165) is 49.8 Å². The van der Waals surface area contributed by atoms with Gasteiger partial charge in [-0.2, -0.15) is 0 Å². The first-order valence-electron chi connectivity index (χ1n) is 11.3. The van der Waals surface area contributed by atoms with Crippen molar-refractivity contribution in [2.24, 2.45) is 15.7 Å². The van der Waals surface area contributed by atoms with Crippen molar-refractivity contribution in [3.63, 3.8) is 0 Å². The molecule has 2 N–H and O–H groups in total. The van der Waals surface area contributed by atoms with Gasteiger partial charge in [0, 0.05) is 50.7 Å². The monoisotopic (exact) mass is 447 g/mol. The van der Waals surface area contributed by atoms with Crippen molar-refractivity contribution >= 4 is 24.0 Å². The zero-order chi connectivity index (χ0) is 23.5. The van der Waals surface area contributed by atoms with E-state index in [9.17, 15) is 0 Å². The first kappa shape index (κ1) is 24.4. The zero-order valence-electron chi connectivity index (χ0n) is 19.5. The quantitative estimate of drug-likeness (QED) is 0.707. The van der Waals surface area contributed by atoms with Crippen LogP contribution in [-0.4, -0.2) is 78.5 Å². The van der Waals surface area contributed by atoms with Crippen molar-refractivity contribution < 1.29 is 4.79 Å². The number of aliphatic imine (C=N–C) groups is 2. The van der Waals surface area contributed by atoms with Gasteiger partial charge in [0.05, 0.1) is 6.54 Å². The molecule has 2 aliphatic heterocycles. The van der Waals surface area contributed by atoms with E-state index in [2.05, 4.69) is 69.9 Å². The van der Waals surface area contributed by atoms with Crippen LogP contribution in [0.25, 0.3) is 5.57 Å². The van der Waals surface area contributed by atoms with E-state index < -0.39 is 0 Å². The molecule has 174 valence electrons. The normalized spacial score (nSPS) is 16.4. The zero-order valence-corrected chi connectivity index (χ0v) is 19.5. The number of nitrogens with two attached hydrogens (primary N) is 1. The molecule has 33 heavy (non-hydrogen) atoms. The third kappa shape index (κ3) is 7.40. The maximum absolute atomic E-state index is 9.05. The smallest absolute Gasteiger partial charge is 0.220 e. The number of aldehydes is 1. The largest absolute Gasteiger partial charge is 0.341 e. The fraction of sp³-hybridized carbons (Fsp3) is 0.400. The maximum Gasteiger partial charge on any atom is 0.220 e. The molecule has 0 unspecified atom stereocenters. The molecule has 1 fully saturated rings. The number of piperidine rings is 1. The Labute approximate surface area is 196 Å². The van der Waals surface area contributed by atoms with Crippen molar-refractivity contribution in [2.45, 2.75) is 25.3 Å². The molecule has 8 nitrogen and oxygen atoms in total. The Hall–Kier alpha value is -3.23. The summed E-state index contributed by atoms with van der Waals surface area (Å²) in [6, 6.07) is 10.5. The number of allylic oxidation sites excluding steroid dienone is 1. The first-order chi connectivity index (χ1) is 16.1. The molecule has 1 aromatic carbocycles. The van der Waals surface area contributed by atoms with Gasteiger partial charge < -0.3 is 20.3 Å². The second-order valence-electron chi connectivity index (χ2n) is 8.27. The fourth-order valence-electron chi connectivity index (χ4n) is 3.89. The summed E-state index contributed by atoms with van der Waals surface area (Å²) < 4.78 is 0. The van der Waals surface area contributed by atoms with Gasteiger partial charge in [0.25, 0.3) is 0 Å². The summed E-state index contributed by atoms with van der Waals surface area (Å²) in [5, 5.41) is 0. The van der Waals surface area contributed by atoms with E-state index in [4.69, 9.17) is 14.8 Å². The molecule has 0 atom stereocenters. The second kappa shape index (κ2) is 12.7. The standard InChI is InChI=1S/C23H28N6.C2H5NO/c1-28(2)17-18-5-3-6-20(15-18)21-7-12-26-23(27-16-21)29-13-8-19(9-14-29)22-24-10-4-11-25-22;3-1-2-4/h3-7,10-11,15-16,19H,8-9,12-14,17H2,1-2H3;2H,1,3H2. The molecule has 2 aromatic rings. The van der Waals surface area contributed by atoms with Crippen LogP contribution in [0.5, 0.6) is 0 Å². The summed E-state index contributed by atoms with van der Waals surface area (Å²) in [6.45, 7) is 3.60. The molecule has 1 aromatic heterocycles. The van der Waals surface area contributed by atoms with E-state index in [0.29, 0.717) is 18.7 Å². The molecular formula is C25H33N7O. The maximum atomic E-state index is 9.05. The highest BCUT2D eigenvalue weighted by atomic mass is 16.1. The Morgan fingerprint density at radius 3 is 2.55 bits per heavy atom. The molecule has 0 radical (unpaired) electrons. The van der Waals surface area contributed by atoms with E-state index in [1.807, 2.05) is 24.7 Å². The number of hydrogen-bond acceptors (Lipinski definition) is 8. The van der Waals surface area contributed by atoms with Gasteiger partial charge in [0.1, 0.15) is 12.1 Å². The SMILES string of the molecule is CN(C)Cc1cccc(C2=CCN=C(N3CCC(c4ncccn4)CC3)N=C2)c1.NCC=O. The number of nitrogens with zero attached hydrogens (tertiary/aromatic N) is 6. The highest BCUT2D eigenvalue weighted by molar-refractivity contribution is 6.14. The van der Waals surface area contributed by atoms with Gasteiger partial charge >= 0.3 is 0 Å². The Morgan fingerprint density at radius 1 is 1.15 bits per heavy atom. The van der Waals surface area contributed by atoms with Gasteiger partial charge in [-0.3, -0.25) is 0 Å². The Kier molecular flexibility index (Phi) is 9.41. The molecule has 0 aliphatic carbocycles. The highest BCUT2D eigenvalue weighted by Gasteiger charge is 2.24. The number of carbonyl (C=O) groups is 1. The predicted octanol–water partition coefficient (Wildman–Crippen LogP) is 2.39. The van der Waals surface area contributed by atoms with Crippen LogP contribution >= 0.6 is 0 Å². The molecule has 0 saturated carbocycles. The number of likely N-dealkylation sites (tertiary alicyclic amines) is 1. The molecule has 8 heteroatoms. The van der Waals surface area contributed by atoms with E-state index in [1.54, 1.807) is 0 Å². The molecule has 0 bridgehead atoms. The number of benzene rings is 1. The van der Waals surface area contributed by atoms with E-state index in [-0.39, 0.29) is 6.54 Å². The topological polar surface area (TPSA) is 100 Å². The van der Waals surface area contributed by atoms with Gasteiger partial charge in [0.15, 0.2) is 0 Å². The summed E-state index contributed by atoms with van der Waals surface area (Å²) in [7, 11) is 4.18. The number of carbonyl (C=O) groups excluding carboxylic acids is 1. The molecule has 0 spiro atoms. The summed E-state index contributed by atoms with van der Waals surface area (Å²) in [6.07, 6.45) is 10.5. The Bertz CT molecular complexity index is 977. The minimum absolute atomic E-state index is 0.139. The minimum Gasteiger partial charge on any atom is -0.341 e. The molecule has 1 saturated heterocycles. The van der Waals surface area contributed by atoms with Gasteiger partial charge in [-0.25, -0.2) is 20.0 Å². The van der Waals surface area contributed by atoms with E-state index in [1.165, 1.54) is 11.1 Å². The van der Waals surface area contributed by atoms with Gasteiger partial charge in [0.2, 0.25) is 5.96 Å². The van der Waals surface area contributed by atoms with Crippen LogP contribution in [0.1, 0.15) is 35.7 Å². The average Bonchev–Trinajstić information content (AvgIpc) is 3.11. The Morgan fingerprint density at radius 2 is 1.88 bits per heavy atom. The highest BCUT2D eigenvalue weighted by Crippen LogP contribution is 2.26. The summed E-state index contributed by atoms with van der Waals surface area (Å²) in [5.41, 5.74) is 8.30. The van der Waals surface area contributed by atoms with Crippen LogP contribution in [-0.2, 0) is 11.3 Å². The van der Waals surface area contributed by atoms with Crippen molar-refractivity contribution in [1.82, 2.24) is 19.8 Å². The van der Waals surface area contributed by atoms with Crippen molar-refractivity contribution in [3.05, 3.63) is 65.8 Å². The lowest BCUT2D eigenvalue weighted by Crippen LogP contribution is -2.37. The molecule has 4 rings (SSSR count). The number of rotatable bonds is 5. The molecule has 3 heterocycles. The molecule has 2 aliphatic rings. The van der Waals surface area contributed by atoms with Gasteiger partial charge in [-0.05, 0) is 55.8 Å². The number of guanidine groups is 1. The van der Waals surface area contributed by atoms with Gasteiger partial charge in [-0.1, -0.05) is 24.3 Å². The van der Waals surface area contributed by atoms with Crippen LogP contribution in [0, 0.1) is 0 Å². The summed E-state index contributed by atoms with van der Waals surface area (Å²) >= 11 is 0. The van der Waals surface area contributed by atoms with Crippen LogP contribution < -0.4 is 5.73 Å². The van der Waals surface area contributed by atoms with Crippen LogP contribution in [0.3, 0.4) is 0 Å². The van der Waals surface area contributed by atoms with Gasteiger partial charge in [-0.15, -0.1) is 0 Å². The number of hydrogen-bond donors (Lipinski definition) is 1. The summed E-state index contributed by atoms with van der Waals surface area (Å²) in [5.74, 6) is 2.23. The van der Waals surface area contributed by atoms with Crippen molar-refractivity contribution in [1.29, 1.82) is 0 Å². The van der Waals surface area contributed by atoms with E-state index >= 15 is 0 Å². The molecule has 0 amide bonds. The van der Waals surface area contributed by atoms with Crippen molar-refractivity contribution in [3.8, 4) is 0 Å². The lowest BCUT2D eigenvalue weighted by molar-refractivity contribution is -0.106. The second-order valence-corrected chi connectivity index (χ2v) is 8.27. The summed E-state index contributed by atoms with van der Waals surface area (Å²) in [4.78, 5) is 31.8. The number of aromatic nitrogens is 2. The average molecular weight is 448 g/mol. The van der Waals surface area contributed by atoms with Crippen LogP contribution in [0.15, 0.2) is 58.8 Å². The fourth-order valence-corrected chi connectivity index (χ4v) is 3.89. The first-order valence-corrected chi connectivity index (χ1v) is 11.3. The van der Waals surface area contributed by atoms with Crippen LogP contribution in [0.2, 0.25) is 0 Å². The lowest BCUT2D eigenvalue weighted by atomic mass is 9.96. The van der Waals surface area contributed by atoms with Crippen molar-refractivity contribution in [2.75, 3.05) is 40.3 Å². The third-order valence-corrected chi connectivity index (χ3v) is 5.45. The van der Waals surface area contributed by atoms with Crippen LogP contribution in [0.4, 0.5) is 0 Å². The Balaban J connectivity index is 0.000000709. The third-order valence-electron chi connectivity index (χ3n) is 5.45. The lowest BCUT2D eigenvalue weighted by Gasteiger charge is -2.31. The molecular weight excluding hydrogens is 414 g/mol.